The highest BCUT2D eigenvalue weighted by molar-refractivity contribution is 5.94. The highest BCUT2D eigenvalue weighted by atomic mass is 35.5. The number of Topliss-reactive ketones (excluding diaryl/α,β-unsaturated/α-hetero) is 1. The molecule has 1 atom stereocenters. The largest absolute Gasteiger partial charge is 0.496 e. The zero-order valence-electron chi connectivity index (χ0n) is 14.3. The first-order chi connectivity index (χ1) is 11.5. The Morgan fingerprint density at radius 2 is 1.84 bits per heavy atom. The summed E-state index contributed by atoms with van der Waals surface area (Å²) in [6.45, 7) is 1.84. The molecular formula is C19H23ClN2O3. The van der Waals surface area contributed by atoms with E-state index in [1.807, 2.05) is 30.3 Å². The van der Waals surface area contributed by atoms with Gasteiger partial charge in [-0.25, -0.2) is 0 Å². The standard InChI is InChI=1S/C19H22N2O3.ClH/c1-13(22)15-8-9-18(24-2)16(10-15)11-19(23)21-12-17(20)14-6-4-3-5-7-14;/h3-10,17H,11-12,20H2,1-2H3,(H,21,23);1H. The number of carbonyl (C=O) groups is 2. The molecule has 1 unspecified atom stereocenters. The summed E-state index contributed by atoms with van der Waals surface area (Å²) in [4.78, 5) is 23.7. The number of hydrogen-bond donors (Lipinski definition) is 2. The molecule has 25 heavy (non-hydrogen) atoms. The maximum Gasteiger partial charge on any atom is 0.224 e. The third-order valence-electron chi connectivity index (χ3n) is 3.78. The van der Waals surface area contributed by atoms with E-state index in [4.69, 9.17) is 10.5 Å². The van der Waals surface area contributed by atoms with Crippen molar-refractivity contribution in [2.24, 2.45) is 5.73 Å². The Morgan fingerprint density at radius 3 is 2.44 bits per heavy atom. The Balaban J connectivity index is 0.00000312. The van der Waals surface area contributed by atoms with Gasteiger partial charge in [0, 0.05) is 23.7 Å². The van der Waals surface area contributed by atoms with Gasteiger partial charge in [-0.2, -0.15) is 0 Å². The first kappa shape index (κ1) is 20.7. The number of carbonyl (C=O) groups excluding carboxylic acids is 2. The van der Waals surface area contributed by atoms with E-state index >= 15 is 0 Å². The zero-order valence-corrected chi connectivity index (χ0v) is 15.1. The lowest BCUT2D eigenvalue weighted by Crippen LogP contribution is -2.33. The van der Waals surface area contributed by atoms with E-state index < -0.39 is 0 Å². The van der Waals surface area contributed by atoms with Crippen LogP contribution >= 0.6 is 12.4 Å². The van der Waals surface area contributed by atoms with Crippen LogP contribution in [0.3, 0.4) is 0 Å². The summed E-state index contributed by atoms with van der Waals surface area (Å²) in [6, 6.07) is 14.4. The maximum absolute atomic E-state index is 12.2. The third-order valence-corrected chi connectivity index (χ3v) is 3.78. The molecule has 1 amide bonds. The van der Waals surface area contributed by atoms with Gasteiger partial charge >= 0.3 is 0 Å². The van der Waals surface area contributed by atoms with Gasteiger partial charge in [-0.15, -0.1) is 12.4 Å². The van der Waals surface area contributed by atoms with E-state index in [1.54, 1.807) is 18.2 Å². The second-order valence-electron chi connectivity index (χ2n) is 5.58. The van der Waals surface area contributed by atoms with Crippen molar-refractivity contribution in [3.05, 3.63) is 65.2 Å². The van der Waals surface area contributed by atoms with Gasteiger partial charge in [0.05, 0.1) is 13.5 Å². The first-order valence-corrected chi connectivity index (χ1v) is 7.76. The predicted molar refractivity (Wildman–Crippen MR) is 100 cm³/mol. The Morgan fingerprint density at radius 1 is 1.16 bits per heavy atom. The summed E-state index contributed by atoms with van der Waals surface area (Å²) in [5, 5.41) is 2.82. The van der Waals surface area contributed by atoms with Crippen molar-refractivity contribution in [2.45, 2.75) is 19.4 Å². The molecule has 3 N–H and O–H groups in total. The van der Waals surface area contributed by atoms with Crippen LogP contribution in [0, 0.1) is 0 Å². The molecule has 2 aromatic carbocycles. The highest BCUT2D eigenvalue weighted by Crippen LogP contribution is 2.21. The molecule has 0 aliphatic rings. The quantitative estimate of drug-likeness (QED) is 0.742. The summed E-state index contributed by atoms with van der Waals surface area (Å²) in [7, 11) is 1.54. The molecule has 0 aromatic heterocycles. The molecule has 134 valence electrons. The van der Waals surface area contributed by atoms with E-state index in [0.29, 0.717) is 23.4 Å². The topological polar surface area (TPSA) is 81.4 Å². The molecule has 5 nitrogen and oxygen atoms in total. The lowest BCUT2D eigenvalue weighted by molar-refractivity contribution is -0.120. The Kier molecular flexibility index (Phi) is 8.11. The van der Waals surface area contributed by atoms with Gasteiger partial charge in [0.25, 0.3) is 0 Å². The summed E-state index contributed by atoms with van der Waals surface area (Å²) in [6.07, 6.45) is 0.131. The fourth-order valence-electron chi connectivity index (χ4n) is 2.41. The molecule has 2 rings (SSSR count). The summed E-state index contributed by atoms with van der Waals surface area (Å²) in [5.41, 5.74) is 8.27. The number of ketones is 1. The van der Waals surface area contributed by atoms with Crippen molar-refractivity contribution in [2.75, 3.05) is 13.7 Å². The molecule has 0 aliphatic carbocycles. The van der Waals surface area contributed by atoms with Crippen molar-refractivity contribution < 1.29 is 14.3 Å². The Labute approximate surface area is 154 Å². The normalized spacial score (nSPS) is 11.2. The summed E-state index contributed by atoms with van der Waals surface area (Å²) >= 11 is 0. The summed E-state index contributed by atoms with van der Waals surface area (Å²) in [5.74, 6) is 0.369. The molecular weight excluding hydrogens is 340 g/mol. The van der Waals surface area contributed by atoms with Crippen LogP contribution in [0.15, 0.2) is 48.5 Å². The molecule has 6 heteroatoms. The molecule has 0 spiro atoms. The average Bonchev–Trinajstić information content (AvgIpc) is 2.60. The summed E-state index contributed by atoms with van der Waals surface area (Å²) < 4.78 is 5.26. The Hall–Kier alpha value is -2.37. The number of hydrogen-bond acceptors (Lipinski definition) is 4. The Bertz CT molecular complexity index is 720. The fourth-order valence-corrected chi connectivity index (χ4v) is 2.41. The SMILES string of the molecule is COc1ccc(C(C)=O)cc1CC(=O)NCC(N)c1ccccc1.Cl. The number of methoxy groups -OCH3 is 1. The number of nitrogens with one attached hydrogen (secondary N) is 1. The van der Waals surface area contributed by atoms with Crippen LogP contribution < -0.4 is 15.8 Å². The number of rotatable bonds is 7. The van der Waals surface area contributed by atoms with E-state index in [1.165, 1.54) is 14.0 Å². The van der Waals surface area contributed by atoms with E-state index in [2.05, 4.69) is 5.32 Å². The molecule has 0 aliphatic heterocycles. The molecule has 0 saturated carbocycles. The second kappa shape index (κ2) is 9.81. The van der Waals surface area contributed by atoms with Crippen molar-refractivity contribution in [1.82, 2.24) is 5.32 Å². The lowest BCUT2D eigenvalue weighted by Gasteiger charge is -2.14. The number of ether oxygens (including phenoxy) is 1. The lowest BCUT2D eigenvalue weighted by atomic mass is 10.0. The van der Waals surface area contributed by atoms with Crippen LogP contribution in [0.4, 0.5) is 0 Å². The molecule has 0 saturated heterocycles. The minimum atomic E-state index is -0.263. The molecule has 0 heterocycles. The first-order valence-electron chi connectivity index (χ1n) is 7.76. The fraction of sp³-hybridized carbons (Fsp3) is 0.263. The zero-order chi connectivity index (χ0) is 17.5. The van der Waals surface area contributed by atoms with E-state index in [-0.39, 0.29) is 36.6 Å². The smallest absolute Gasteiger partial charge is 0.224 e. The van der Waals surface area contributed by atoms with Crippen molar-refractivity contribution >= 4 is 24.1 Å². The van der Waals surface area contributed by atoms with Crippen LogP contribution in [0.25, 0.3) is 0 Å². The van der Waals surface area contributed by atoms with Gasteiger partial charge in [0.2, 0.25) is 5.91 Å². The van der Waals surface area contributed by atoms with Gasteiger partial charge < -0.3 is 15.8 Å². The van der Waals surface area contributed by atoms with Gasteiger partial charge in [-0.3, -0.25) is 9.59 Å². The minimum Gasteiger partial charge on any atom is -0.496 e. The van der Waals surface area contributed by atoms with Gasteiger partial charge in [0.1, 0.15) is 5.75 Å². The number of nitrogens with two attached hydrogens (primary N) is 1. The highest BCUT2D eigenvalue weighted by Gasteiger charge is 2.13. The number of benzene rings is 2. The average molecular weight is 363 g/mol. The molecule has 2 aromatic rings. The number of halogens is 1. The van der Waals surface area contributed by atoms with Gasteiger partial charge in [-0.1, -0.05) is 30.3 Å². The maximum atomic E-state index is 12.2. The van der Waals surface area contributed by atoms with Gasteiger partial charge in [-0.05, 0) is 30.7 Å². The van der Waals surface area contributed by atoms with Crippen LogP contribution in [0.1, 0.15) is 34.5 Å². The molecule has 0 bridgehead atoms. The third kappa shape index (κ3) is 5.89. The number of amides is 1. The van der Waals surface area contributed by atoms with E-state index in [0.717, 1.165) is 5.56 Å². The van der Waals surface area contributed by atoms with Crippen LogP contribution in [-0.2, 0) is 11.2 Å². The van der Waals surface area contributed by atoms with Crippen molar-refractivity contribution in [3.63, 3.8) is 0 Å². The van der Waals surface area contributed by atoms with E-state index in [9.17, 15) is 9.59 Å². The monoisotopic (exact) mass is 362 g/mol. The van der Waals surface area contributed by atoms with Crippen LogP contribution in [0.5, 0.6) is 5.75 Å². The second-order valence-corrected chi connectivity index (χ2v) is 5.58. The van der Waals surface area contributed by atoms with Crippen molar-refractivity contribution in [3.8, 4) is 5.75 Å². The van der Waals surface area contributed by atoms with Gasteiger partial charge in [0.15, 0.2) is 5.78 Å². The van der Waals surface area contributed by atoms with Crippen molar-refractivity contribution in [1.29, 1.82) is 0 Å². The predicted octanol–water partition coefficient (Wildman–Crippen LogP) is 2.68. The van der Waals surface area contributed by atoms with Crippen LogP contribution in [-0.4, -0.2) is 25.3 Å². The van der Waals surface area contributed by atoms with Crippen LogP contribution in [0.2, 0.25) is 0 Å². The molecule has 0 fully saturated rings. The molecule has 0 radical (unpaired) electrons. The minimum absolute atomic E-state index is 0.